The molecule has 0 amide bonds. The summed E-state index contributed by atoms with van der Waals surface area (Å²) in [6.07, 6.45) is 4.14. The van der Waals surface area contributed by atoms with Gasteiger partial charge in [0.15, 0.2) is 0 Å². The first kappa shape index (κ1) is 12.8. The molecule has 0 unspecified atom stereocenters. The van der Waals surface area contributed by atoms with Gasteiger partial charge in [-0.25, -0.2) is 0 Å². The van der Waals surface area contributed by atoms with E-state index in [2.05, 4.69) is 4.98 Å². The van der Waals surface area contributed by atoms with Gasteiger partial charge in [0.1, 0.15) is 5.75 Å². The number of nitrogens with zero attached hydrogens (tertiary/aromatic N) is 1. The standard InChI is InChI=1S/C14H15NO2S/c1-3-6-17-12-7-11(8-15-9-12)14(16)13-5-4-10(2)18-13/h4-5,7-9H,3,6H2,1-2H3. The Morgan fingerprint density at radius 3 is 2.89 bits per heavy atom. The van der Waals surface area contributed by atoms with E-state index >= 15 is 0 Å². The summed E-state index contributed by atoms with van der Waals surface area (Å²) in [6, 6.07) is 5.55. The Bertz CT molecular complexity index is 548. The Morgan fingerprint density at radius 1 is 1.39 bits per heavy atom. The second-order valence-corrected chi connectivity index (χ2v) is 5.29. The number of aromatic nitrogens is 1. The van der Waals surface area contributed by atoms with Crippen molar-refractivity contribution >= 4 is 17.1 Å². The van der Waals surface area contributed by atoms with E-state index in [4.69, 9.17) is 4.74 Å². The Hall–Kier alpha value is -1.68. The van der Waals surface area contributed by atoms with E-state index in [1.54, 1.807) is 18.5 Å². The largest absolute Gasteiger partial charge is 0.492 e. The maximum atomic E-state index is 12.2. The Morgan fingerprint density at radius 2 is 2.22 bits per heavy atom. The number of carbonyl (C=O) groups excluding carboxylic acids is 1. The van der Waals surface area contributed by atoms with E-state index in [-0.39, 0.29) is 5.78 Å². The number of carbonyl (C=O) groups is 1. The predicted octanol–water partition coefficient (Wildman–Crippen LogP) is 3.47. The first-order valence-electron chi connectivity index (χ1n) is 5.89. The minimum Gasteiger partial charge on any atom is -0.492 e. The van der Waals surface area contributed by atoms with Crippen molar-refractivity contribution < 1.29 is 9.53 Å². The summed E-state index contributed by atoms with van der Waals surface area (Å²) in [4.78, 5) is 18.1. The number of aryl methyl sites for hydroxylation is 1. The van der Waals surface area contributed by atoms with E-state index < -0.39 is 0 Å². The van der Waals surface area contributed by atoms with Crippen LogP contribution in [0.1, 0.15) is 33.5 Å². The highest BCUT2D eigenvalue weighted by molar-refractivity contribution is 7.14. The second kappa shape index (κ2) is 5.78. The second-order valence-electron chi connectivity index (χ2n) is 4.00. The van der Waals surface area contributed by atoms with Gasteiger partial charge in [-0.1, -0.05) is 6.92 Å². The molecule has 0 spiro atoms. The van der Waals surface area contributed by atoms with Crippen molar-refractivity contribution in [1.29, 1.82) is 0 Å². The van der Waals surface area contributed by atoms with Gasteiger partial charge in [-0.2, -0.15) is 0 Å². The molecule has 2 rings (SSSR count). The topological polar surface area (TPSA) is 39.2 Å². The van der Waals surface area contributed by atoms with Gasteiger partial charge in [0.05, 0.1) is 17.7 Å². The quantitative estimate of drug-likeness (QED) is 0.774. The molecule has 2 heterocycles. The number of ether oxygens (including phenoxy) is 1. The first-order chi connectivity index (χ1) is 8.70. The summed E-state index contributed by atoms with van der Waals surface area (Å²) in [5.74, 6) is 0.651. The van der Waals surface area contributed by atoms with Gasteiger partial charge in [0.2, 0.25) is 5.78 Å². The summed E-state index contributed by atoms with van der Waals surface area (Å²) < 4.78 is 5.48. The van der Waals surface area contributed by atoms with Crippen molar-refractivity contribution in [3.63, 3.8) is 0 Å². The van der Waals surface area contributed by atoms with Crippen LogP contribution in [-0.2, 0) is 0 Å². The van der Waals surface area contributed by atoms with Crippen LogP contribution in [0.25, 0.3) is 0 Å². The molecule has 0 aliphatic rings. The summed E-state index contributed by atoms with van der Waals surface area (Å²) in [6.45, 7) is 4.66. The number of rotatable bonds is 5. The summed E-state index contributed by atoms with van der Waals surface area (Å²) >= 11 is 1.50. The van der Waals surface area contributed by atoms with E-state index in [1.807, 2.05) is 26.0 Å². The van der Waals surface area contributed by atoms with Crippen LogP contribution in [0.4, 0.5) is 0 Å². The fourth-order valence-corrected chi connectivity index (χ4v) is 2.37. The molecule has 0 bridgehead atoms. The average Bonchev–Trinajstić information content (AvgIpc) is 2.82. The number of hydrogen-bond donors (Lipinski definition) is 0. The third kappa shape index (κ3) is 2.96. The number of hydrogen-bond acceptors (Lipinski definition) is 4. The number of ketones is 1. The lowest BCUT2D eigenvalue weighted by atomic mass is 10.1. The van der Waals surface area contributed by atoms with Crippen molar-refractivity contribution in [2.75, 3.05) is 6.61 Å². The van der Waals surface area contributed by atoms with Crippen molar-refractivity contribution in [3.8, 4) is 5.75 Å². The molecule has 3 nitrogen and oxygen atoms in total. The van der Waals surface area contributed by atoms with E-state index in [9.17, 15) is 4.79 Å². The fourth-order valence-electron chi connectivity index (χ4n) is 1.54. The molecule has 94 valence electrons. The Balaban J connectivity index is 2.20. The molecule has 0 saturated carbocycles. The molecule has 0 fully saturated rings. The number of thiophene rings is 1. The molecular formula is C14H15NO2S. The maximum absolute atomic E-state index is 12.2. The van der Waals surface area contributed by atoms with Crippen LogP contribution in [0.2, 0.25) is 0 Å². The lowest BCUT2D eigenvalue weighted by molar-refractivity contribution is 0.104. The highest BCUT2D eigenvalue weighted by Gasteiger charge is 2.12. The molecule has 0 aliphatic carbocycles. The molecule has 0 N–H and O–H groups in total. The first-order valence-corrected chi connectivity index (χ1v) is 6.71. The van der Waals surface area contributed by atoms with Crippen LogP contribution in [-0.4, -0.2) is 17.4 Å². The van der Waals surface area contributed by atoms with Gasteiger partial charge in [-0.05, 0) is 31.5 Å². The van der Waals surface area contributed by atoms with Gasteiger partial charge in [0.25, 0.3) is 0 Å². The van der Waals surface area contributed by atoms with Crippen LogP contribution in [0.15, 0.2) is 30.6 Å². The lowest BCUT2D eigenvalue weighted by Crippen LogP contribution is -2.01. The molecule has 4 heteroatoms. The van der Waals surface area contributed by atoms with Crippen LogP contribution in [0.5, 0.6) is 5.75 Å². The molecule has 0 aliphatic heterocycles. The SMILES string of the molecule is CCCOc1cncc(C(=O)c2ccc(C)s2)c1. The molecule has 0 radical (unpaired) electrons. The van der Waals surface area contributed by atoms with Crippen molar-refractivity contribution in [1.82, 2.24) is 4.98 Å². The van der Waals surface area contributed by atoms with Crippen molar-refractivity contribution in [2.45, 2.75) is 20.3 Å². The third-order valence-electron chi connectivity index (χ3n) is 2.41. The monoisotopic (exact) mass is 261 g/mol. The van der Waals surface area contributed by atoms with Gasteiger partial charge >= 0.3 is 0 Å². The minimum absolute atomic E-state index is 0.00236. The third-order valence-corrected chi connectivity index (χ3v) is 3.41. The van der Waals surface area contributed by atoms with Crippen LogP contribution >= 0.6 is 11.3 Å². The normalized spacial score (nSPS) is 10.3. The summed E-state index contributed by atoms with van der Waals surface area (Å²) in [5.41, 5.74) is 0.574. The van der Waals surface area contributed by atoms with E-state index in [1.165, 1.54) is 11.3 Å². The zero-order valence-electron chi connectivity index (χ0n) is 10.5. The average molecular weight is 261 g/mol. The van der Waals surface area contributed by atoms with E-state index in [0.29, 0.717) is 17.9 Å². The molecule has 0 saturated heterocycles. The van der Waals surface area contributed by atoms with Gasteiger partial charge in [-0.15, -0.1) is 11.3 Å². The van der Waals surface area contributed by atoms with E-state index in [0.717, 1.165) is 16.2 Å². The fraction of sp³-hybridized carbons (Fsp3) is 0.286. The van der Waals surface area contributed by atoms with Gasteiger partial charge in [0, 0.05) is 16.6 Å². The molecule has 2 aromatic heterocycles. The molecular weight excluding hydrogens is 246 g/mol. The number of pyridine rings is 1. The smallest absolute Gasteiger partial charge is 0.204 e. The van der Waals surface area contributed by atoms with Gasteiger partial charge < -0.3 is 4.74 Å². The molecule has 0 aromatic carbocycles. The lowest BCUT2D eigenvalue weighted by Gasteiger charge is -2.05. The Kier molecular flexibility index (Phi) is 4.10. The highest BCUT2D eigenvalue weighted by atomic mass is 32.1. The Labute approximate surface area is 110 Å². The van der Waals surface area contributed by atoms with Crippen molar-refractivity contribution in [3.05, 3.63) is 45.9 Å². The maximum Gasteiger partial charge on any atom is 0.204 e. The molecule has 0 atom stereocenters. The predicted molar refractivity (Wildman–Crippen MR) is 72.5 cm³/mol. The van der Waals surface area contributed by atoms with Crippen molar-refractivity contribution in [2.24, 2.45) is 0 Å². The molecule has 2 aromatic rings. The van der Waals surface area contributed by atoms with Crippen LogP contribution in [0, 0.1) is 6.92 Å². The molecule has 18 heavy (non-hydrogen) atoms. The minimum atomic E-state index is 0.00236. The van der Waals surface area contributed by atoms with Gasteiger partial charge in [-0.3, -0.25) is 9.78 Å². The summed E-state index contributed by atoms with van der Waals surface area (Å²) in [7, 11) is 0. The zero-order valence-corrected chi connectivity index (χ0v) is 11.3. The van der Waals surface area contributed by atoms with Crippen LogP contribution in [0.3, 0.4) is 0 Å². The summed E-state index contributed by atoms with van der Waals surface area (Å²) in [5, 5.41) is 0. The zero-order chi connectivity index (χ0) is 13.0. The van der Waals surface area contributed by atoms with Crippen LogP contribution < -0.4 is 4.74 Å². The highest BCUT2D eigenvalue weighted by Crippen LogP contribution is 2.20.